The van der Waals surface area contributed by atoms with Gasteiger partial charge in [-0.15, -0.1) is 0 Å². The van der Waals surface area contributed by atoms with Crippen LogP contribution < -0.4 is 5.32 Å². The largest absolute Gasteiger partial charge is 0.305 e. The predicted octanol–water partition coefficient (Wildman–Crippen LogP) is 2.00. The molecule has 1 aromatic heterocycles. The first-order valence-corrected chi connectivity index (χ1v) is 6.58. The van der Waals surface area contributed by atoms with Crippen LogP contribution in [0.25, 0.3) is 0 Å². The Hall–Kier alpha value is -1.12. The van der Waals surface area contributed by atoms with E-state index in [4.69, 9.17) is 5.26 Å². The fourth-order valence-electron chi connectivity index (χ4n) is 1.35. The zero-order chi connectivity index (χ0) is 12.8. The van der Waals surface area contributed by atoms with Crippen molar-refractivity contribution in [3.8, 4) is 6.07 Å². The summed E-state index contributed by atoms with van der Waals surface area (Å²) in [6.07, 6.45) is 0.799. The van der Waals surface area contributed by atoms with E-state index < -0.39 is 0 Å². The normalized spacial score (nSPS) is 12.2. The van der Waals surface area contributed by atoms with Gasteiger partial charge in [-0.05, 0) is 39.8 Å². The van der Waals surface area contributed by atoms with E-state index in [1.54, 1.807) is 18.8 Å². The lowest BCUT2D eigenvalue weighted by molar-refractivity contribution is 0.663. The van der Waals surface area contributed by atoms with Gasteiger partial charge in [-0.2, -0.15) is 5.26 Å². The second-order valence-electron chi connectivity index (χ2n) is 3.91. The average Bonchev–Trinajstić information content (AvgIpc) is 2.31. The number of aromatic nitrogens is 2. The summed E-state index contributed by atoms with van der Waals surface area (Å²) >= 11 is 1.60. The van der Waals surface area contributed by atoms with Gasteiger partial charge >= 0.3 is 0 Å². The Morgan fingerprint density at radius 1 is 1.29 bits per heavy atom. The van der Waals surface area contributed by atoms with Gasteiger partial charge in [0.2, 0.25) is 0 Å². The molecule has 0 saturated heterocycles. The van der Waals surface area contributed by atoms with Gasteiger partial charge in [0.05, 0.1) is 12.1 Å². The molecular formula is C12H18N4S. The highest BCUT2D eigenvalue weighted by Crippen LogP contribution is 2.18. The van der Waals surface area contributed by atoms with Crippen LogP contribution in [-0.4, -0.2) is 28.8 Å². The molecule has 1 aromatic rings. The molecule has 0 aliphatic carbocycles. The number of thioether (sulfide) groups is 1. The summed E-state index contributed by atoms with van der Waals surface area (Å²) in [6.45, 7) is 6.03. The van der Waals surface area contributed by atoms with Crippen molar-refractivity contribution < 1.29 is 0 Å². The van der Waals surface area contributed by atoms with Crippen LogP contribution in [0.1, 0.15) is 23.4 Å². The summed E-state index contributed by atoms with van der Waals surface area (Å²) in [5, 5.41) is 12.6. The topological polar surface area (TPSA) is 61.6 Å². The van der Waals surface area contributed by atoms with Crippen LogP contribution in [0.15, 0.2) is 5.16 Å². The first kappa shape index (κ1) is 13.9. The Bertz CT molecular complexity index is 402. The van der Waals surface area contributed by atoms with E-state index in [0.29, 0.717) is 0 Å². The highest BCUT2D eigenvalue weighted by Gasteiger charge is 2.07. The van der Waals surface area contributed by atoms with Gasteiger partial charge in [-0.3, -0.25) is 0 Å². The van der Waals surface area contributed by atoms with Crippen LogP contribution >= 0.6 is 11.8 Å². The molecule has 0 aliphatic heterocycles. The standard InChI is InChI=1S/C12H18N4S/c1-8-9(2)15-12(16-10(8)3)17-6-5-11(7-13)14-4/h11,14H,5-6H2,1-4H3. The van der Waals surface area contributed by atoms with Crippen LogP contribution in [0.2, 0.25) is 0 Å². The number of nitrogens with one attached hydrogen (secondary N) is 1. The second kappa shape index (κ2) is 6.58. The Morgan fingerprint density at radius 2 is 1.88 bits per heavy atom. The van der Waals surface area contributed by atoms with Crippen molar-refractivity contribution in [3.05, 3.63) is 17.0 Å². The molecule has 1 N–H and O–H groups in total. The number of hydrogen-bond acceptors (Lipinski definition) is 5. The first-order valence-electron chi connectivity index (χ1n) is 5.60. The molecule has 1 atom stereocenters. The van der Waals surface area contributed by atoms with Crippen LogP contribution in [-0.2, 0) is 0 Å². The maximum atomic E-state index is 8.79. The first-order chi connectivity index (χ1) is 8.08. The van der Waals surface area contributed by atoms with Gasteiger partial charge in [0, 0.05) is 17.1 Å². The van der Waals surface area contributed by atoms with Crippen molar-refractivity contribution in [1.29, 1.82) is 5.26 Å². The predicted molar refractivity (Wildman–Crippen MR) is 70.0 cm³/mol. The third-order valence-corrected chi connectivity index (χ3v) is 3.63. The third kappa shape index (κ3) is 3.99. The lowest BCUT2D eigenvalue weighted by Crippen LogP contribution is -2.23. The average molecular weight is 250 g/mol. The summed E-state index contributed by atoms with van der Waals surface area (Å²) in [6, 6.07) is 2.12. The molecular weight excluding hydrogens is 232 g/mol. The molecule has 1 heterocycles. The zero-order valence-electron chi connectivity index (χ0n) is 10.7. The number of rotatable bonds is 5. The van der Waals surface area contributed by atoms with Crippen LogP contribution in [0.5, 0.6) is 0 Å². The van der Waals surface area contributed by atoms with Crippen molar-refractivity contribution in [2.24, 2.45) is 0 Å². The Balaban J connectivity index is 2.56. The van der Waals surface area contributed by atoms with E-state index in [0.717, 1.165) is 34.3 Å². The minimum Gasteiger partial charge on any atom is -0.305 e. The molecule has 0 saturated carbocycles. The Morgan fingerprint density at radius 3 is 2.35 bits per heavy atom. The Kier molecular flexibility index (Phi) is 5.39. The zero-order valence-corrected chi connectivity index (χ0v) is 11.6. The molecule has 0 fully saturated rings. The van der Waals surface area contributed by atoms with Gasteiger partial charge < -0.3 is 5.32 Å². The molecule has 1 unspecified atom stereocenters. The van der Waals surface area contributed by atoms with Gasteiger partial charge in [-0.1, -0.05) is 11.8 Å². The SMILES string of the molecule is CNC(C#N)CCSc1nc(C)c(C)c(C)n1. The van der Waals surface area contributed by atoms with Crippen molar-refractivity contribution in [2.45, 2.75) is 38.4 Å². The van der Waals surface area contributed by atoms with Crippen molar-refractivity contribution >= 4 is 11.8 Å². The van der Waals surface area contributed by atoms with E-state index in [9.17, 15) is 0 Å². The smallest absolute Gasteiger partial charge is 0.187 e. The second-order valence-corrected chi connectivity index (χ2v) is 4.97. The van der Waals surface area contributed by atoms with Gasteiger partial charge in [0.1, 0.15) is 0 Å². The van der Waals surface area contributed by atoms with Crippen molar-refractivity contribution in [1.82, 2.24) is 15.3 Å². The quantitative estimate of drug-likeness (QED) is 0.639. The van der Waals surface area contributed by atoms with Crippen LogP contribution in [0.4, 0.5) is 0 Å². The van der Waals surface area contributed by atoms with E-state index in [-0.39, 0.29) is 6.04 Å². The number of nitrogens with zero attached hydrogens (tertiary/aromatic N) is 3. The summed E-state index contributed by atoms with van der Waals surface area (Å²) in [7, 11) is 1.80. The molecule has 0 aromatic carbocycles. The fraction of sp³-hybridized carbons (Fsp3) is 0.583. The minimum absolute atomic E-state index is 0.0878. The third-order valence-electron chi connectivity index (χ3n) is 2.75. The molecule has 0 radical (unpaired) electrons. The molecule has 92 valence electrons. The highest BCUT2D eigenvalue weighted by atomic mass is 32.2. The highest BCUT2D eigenvalue weighted by molar-refractivity contribution is 7.99. The van der Waals surface area contributed by atoms with Gasteiger partial charge in [0.15, 0.2) is 5.16 Å². The van der Waals surface area contributed by atoms with Gasteiger partial charge in [0.25, 0.3) is 0 Å². The molecule has 5 heteroatoms. The lowest BCUT2D eigenvalue weighted by atomic mass is 10.2. The van der Waals surface area contributed by atoms with Crippen LogP contribution in [0.3, 0.4) is 0 Å². The summed E-state index contributed by atoms with van der Waals surface area (Å²) < 4.78 is 0. The van der Waals surface area contributed by atoms with E-state index >= 15 is 0 Å². The molecule has 0 spiro atoms. The lowest BCUT2D eigenvalue weighted by Gasteiger charge is -2.08. The molecule has 0 aliphatic rings. The molecule has 0 bridgehead atoms. The Labute approximate surface area is 107 Å². The summed E-state index contributed by atoms with van der Waals surface area (Å²) in [5.74, 6) is 0.848. The molecule has 0 amide bonds. The van der Waals surface area contributed by atoms with E-state index in [1.807, 2.05) is 20.8 Å². The monoisotopic (exact) mass is 250 g/mol. The van der Waals surface area contributed by atoms with E-state index in [1.165, 1.54) is 0 Å². The summed E-state index contributed by atoms with van der Waals surface area (Å²) in [5.41, 5.74) is 3.22. The number of hydrogen-bond donors (Lipinski definition) is 1. The fourth-order valence-corrected chi connectivity index (χ4v) is 2.29. The maximum absolute atomic E-state index is 8.79. The molecule has 4 nitrogen and oxygen atoms in total. The van der Waals surface area contributed by atoms with Gasteiger partial charge in [-0.25, -0.2) is 9.97 Å². The van der Waals surface area contributed by atoms with Crippen molar-refractivity contribution in [2.75, 3.05) is 12.8 Å². The minimum atomic E-state index is -0.0878. The molecule has 1 rings (SSSR count). The van der Waals surface area contributed by atoms with Crippen molar-refractivity contribution in [3.63, 3.8) is 0 Å². The summed E-state index contributed by atoms with van der Waals surface area (Å²) in [4.78, 5) is 8.86. The maximum Gasteiger partial charge on any atom is 0.187 e. The molecule has 17 heavy (non-hydrogen) atoms. The van der Waals surface area contributed by atoms with Crippen LogP contribution in [0, 0.1) is 32.1 Å². The number of aryl methyl sites for hydroxylation is 2. The number of nitriles is 1. The van der Waals surface area contributed by atoms with E-state index in [2.05, 4.69) is 21.4 Å².